The summed E-state index contributed by atoms with van der Waals surface area (Å²) in [5, 5.41) is 10.7. The molecule has 2 bridgehead atoms. The van der Waals surface area contributed by atoms with Gasteiger partial charge in [-0.2, -0.15) is 0 Å². The SMILES string of the molecule is CN1C2CCC(CC2)C1c1ccc(C2(O)CCCC2)cc1. The van der Waals surface area contributed by atoms with E-state index in [4.69, 9.17) is 0 Å². The fraction of sp³-hybridized carbons (Fsp3) is 0.684. The lowest BCUT2D eigenvalue weighted by atomic mass is 9.72. The lowest BCUT2D eigenvalue weighted by Crippen LogP contribution is -2.47. The van der Waals surface area contributed by atoms with Crippen LogP contribution in [0.1, 0.15) is 68.5 Å². The normalized spacial score (nSPS) is 35.2. The largest absolute Gasteiger partial charge is 0.385 e. The third kappa shape index (κ3) is 2.24. The molecule has 2 aliphatic carbocycles. The molecule has 2 heterocycles. The van der Waals surface area contributed by atoms with Crippen LogP contribution in [0.5, 0.6) is 0 Å². The molecule has 1 aromatic carbocycles. The number of hydrogen-bond acceptors (Lipinski definition) is 2. The van der Waals surface area contributed by atoms with Crippen LogP contribution < -0.4 is 0 Å². The maximum atomic E-state index is 10.7. The van der Waals surface area contributed by atoms with E-state index in [1.54, 1.807) is 0 Å². The molecule has 1 atom stereocenters. The summed E-state index contributed by atoms with van der Waals surface area (Å²) < 4.78 is 0. The van der Waals surface area contributed by atoms with Gasteiger partial charge >= 0.3 is 0 Å². The van der Waals surface area contributed by atoms with Gasteiger partial charge in [0, 0.05) is 12.1 Å². The highest BCUT2D eigenvalue weighted by atomic mass is 16.3. The second-order valence-corrected chi connectivity index (χ2v) is 7.54. The molecule has 2 nitrogen and oxygen atoms in total. The summed E-state index contributed by atoms with van der Waals surface area (Å²) in [6.45, 7) is 0. The molecule has 4 fully saturated rings. The Morgan fingerprint density at radius 2 is 1.62 bits per heavy atom. The maximum Gasteiger partial charge on any atom is 0.0896 e. The lowest BCUT2D eigenvalue weighted by molar-refractivity contribution is 0.00716. The predicted octanol–water partition coefficient (Wildman–Crippen LogP) is 3.99. The number of benzene rings is 1. The van der Waals surface area contributed by atoms with E-state index in [-0.39, 0.29) is 0 Å². The van der Waals surface area contributed by atoms with E-state index < -0.39 is 5.60 Å². The van der Waals surface area contributed by atoms with Crippen molar-refractivity contribution in [3.63, 3.8) is 0 Å². The second-order valence-electron chi connectivity index (χ2n) is 7.54. The molecule has 5 rings (SSSR count). The summed E-state index contributed by atoms with van der Waals surface area (Å²) in [4.78, 5) is 2.61. The van der Waals surface area contributed by atoms with Crippen molar-refractivity contribution in [2.45, 2.75) is 69.1 Å². The van der Waals surface area contributed by atoms with Gasteiger partial charge in [0.25, 0.3) is 0 Å². The molecule has 2 saturated carbocycles. The minimum absolute atomic E-state index is 0.546. The lowest BCUT2D eigenvalue weighted by Gasteiger charge is -2.50. The highest BCUT2D eigenvalue weighted by Crippen LogP contribution is 2.47. The average Bonchev–Trinajstić information content (AvgIpc) is 2.97. The maximum absolute atomic E-state index is 10.7. The van der Waals surface area contributed by atoms with Crippen molar-refractivity contribution in [3.05, 3.63) is 35.4 Å². The molecule has 0 amide bonds. The van der Waals surface area contributed by atoms with Crippen LogP contribution in [-0.2, 0) is 5.60 Å². The van der Waals surface area contributed by atoms with E-state index in [1.807, 2.05) is 0 Å². The molecule has 1 aromatic rings. The van der Waals surface area contributed by atoms with Gasteiger partial charge in [-0.3, -0.25) is 4.90 Å². The topological polar surface area (TPSA) is 23.5 Å². The van der Waals surface area contributed by atoms with Crippen molar-refractivity contribution < 1.29 is 5.11 Å². The van der Waals surface area contributed by atoms with Crippen molar-refractivity contribution in [2.75, 3.05) is 7.05 Å². The zero-order valence-electron chi connectivity index (χ0n) is 13.1. The van der Waals surface area contributed by atoms with Crippen molar-refractivity contribution in [1.82, 2.24) is 4.90 Å². The van der Waals surface area contributed by atoms with Crippen LogP contribution in [0, 0.1) is 5.92 Å². The predicted molar refractivity (Wildman–Crippen MR) is 85.1 cm³/mol. The van der Waals surface area contributed by atoms with Crippen LogP contribution in [-0.4, -0.2) is 23.1 Å². The van der Waals surface area contributed by atoms with E-state index in [9.17, 15) is 5.11 Å². The summed E-state index contributed by atoms with van der Waals surface area (Å²) in [5.41, 5.74) is 2.04. The van der Waals surface area contributed by atoms with Crippen LogP contribution in [0.2, 0.25) is 0 Å². The first kappa shape index (κ1) is 13.8. The van der Waals surface area contributed by atoms with Gasteiger partial charge in [0.15, 0.2) is 0 Å². The number of fused-ring (bicyclic) bond motifs is 3. The average molecular weight is 285 g/mol. The first-order valence-corrected chi connectivity index (χ1v) is 8.72. The molecule has 2 aliphatic heterocycles. The molecule has 1 N–H and O–H groups in total. The van der Waals surface area contributed by atoms with E-state index in [2.05, 4.69) is 36.2 Å². The van der Waals surface area contributed by atoms with E-state index in [1.165, 1.54) is 31.2 Å². The Bertz CT molecular complexity index is 493. The standard InChI is InChI=1S/C19H27NO/c1-20-17-10-6-15(7-11-17)18(20)14-4-8-16(9-5-14)19(21)12-2-3-13-19/h4-5,8-9,15,17-18,21H,2-3,6-7,10-13H2,1H3. The minimum atomic E-state index is -0.546. The van der Waals surface area contributed by atoms with Crippen LogP contribution in [0.3, 0.4) is 0 Å². The van der Waals surface area contributed by atoms with E-state index in [0.29, 0.717) is 6.04 Å². The smallest absolute Gasteiger partial charge is 0.0896 e. The van der Waals surface area contributed by atoms with Crippen LogP contribution >= 0.6 is 0 Å². The second kappa shape index (κ2) is 5.10. The minimum Gasteiger partial charge on any atom is -0.385 e. The van der Waals surface area contributed by atoms with Gasteiger partial charge in [-0.1, -0.05) is 37.1 Å². The van der Waals surface area contributed by atoms with Gasteiger partial charge in [0.2, 0.25) is 0 Å². The van der Waals surface area contributed by atoms with Crippen molar-refractivity contribution in [2.24, 2.45) is 5.92 Å². The highest BCUT2D eigenvalue weighted by Gasteiger charge is 2.40. The van der Waals surface area contributed by atoms with Gasteiger partial charge in [0.1, 0.15) is 0 Å². The molecule has 21 heavy (non-hydrogen) atoms. The molecule has 4 aliphatic rings. The fourth-order valence-electron chi connectivity index (χ4n) is 5.13. The molecule has 114 valence electrons. The number of aliphatic hydroxyl groups is 1. The summed E-state index contributed by atoms with van der Waals surface area (Å²) in [7, 11) is 2.30. The molecule has 2 heteroatoms. The molecule has 0 aromatic heterocycles. The number of piperidine rings is 2. The first-order valence-electron chi connectivity index (χ1n) is 8.72. The summed E-state index contributed by atoms with van der Waals surface area (Å²) in [5.74, 6) is 0.834. The quantitative estimate of drug-likeness (QED) is 0.888. The molecule has 0 radical (unpaired) electrons. The van der Waals surface area contributed by atoms with Gasteiger partial charge in [0.05, 0.1) is 5.60 Å². The van der Waals surface area contributed by atoms with Crippen LogP contribution in [0.25, 0.3) is 0 Å². The Hall–Kier alpha value is -0.860. The summed E-state index contributed by atoms with van der Waals surface area (Å²) in [6, 6.07) is 10.3. The molecule has 0 spiro atoms. The Morgan fingerprint density at radius 3 is 2.19 bits per heavy atom. The monoisotopic (exact) mass is 285 g/mol. The van der Waals surface area contributed by atoms with Crippen molar-refractivity contribution >= 4 is 0 Å². The zero-order valence-corrected chi connectivity index (χ0v) is 13.1. The van der Waals surface area contributed by atoms with Crippen LogP contribution in [0.15, 0.2) is 24.3 Å². The van der Waals surface area contributed by atoms with Gasteiger partial charge in [-0.05, 0) is 62.6 Å². The summed E-state index contributed by atoms with van der Waals surface area (Å²) >= 11 is 0. The van der Waals surface area contributed by atoms with Crippen LogP contribution in [0.4, 0.5) is 0 Å². The van der Waals surface area contributed by atoms with E-state index in [0.717, 1.165) is 43.2 Å². The third-order valence-electron chi connectivity index (χ3n) is 6.42. The Balaban J connectivity index is 1.59. The van der Waals surface area contributed by atoms with Gasteiger partial charge in [-0.15, -0.1) is 0 Å². The Labute approximate surface area is 128 Å². The zero-order chi connectivity index (χ0) is 14.4. The van der Waals surface area contributed by atoms with Gasteiger partial charge in [-0.25, -0.2) is 0 Å². The van der Waals surface area contributed by atoms with Crippen molar-refractivity contribution in [3.8, 4) is 0 Å². The Kier molecular flexibility index (Phi) is 3.35. The third-order valence-corrected chi connectivity index (χ3v) is 6.42. The van der Waals surface area contributed by atoms with E-state index >= 15 is 0 Å². The number of hydrogen-bond donors (Lipinski definition) is 1. The number of rotatable bonds is 2. The highest BCUT2D eigenvalue weighted by molar-refractivity contribution is 5.30. The molecular weight excluding hydrogens is 258 g/mol. The molecule has 1 unspecified atom stereocenters. The van der Waals surface area contributed by atoms with Crippen molar-refractivity contribution in [1.29, 1.82) is 0 Å². The Morgan fingerprint density at radius 1 is 1.00 bits per heavy atom. The molecule has 2 saturated heterocycles. The van der Waals surface area contributed by atoms with Gasteiger partial charge < -0.3 is 5.11 Å². The summed E-state index contributed by atoms with van der Waals surface area (Å²) in [6.07, 6.45) is 9.74. The first-order chi connectivity index (χ1) is 10.2. The molecular formula is C19H27NO. The fourth-order valence-corrected chi connectivity index (χ4v) is 5.13. The number of nitrogens with zero attached hydrogens (tertiary/aromatic N) is 1.